The molecule has 0 radical (unpaired) electrons. The van der Waals surface area contributed by atoms with Gasteiger partial charge in [0, 0.05) is 13.0 Å². The van der Waals surface area contributed by atoms with Gasteiger partial charge in [-0.3, -0.25) is 4.79 Å². The molecule has 0 aliphatic carbocycles. The number of hydrogen-bond acceptors (Lipinski definition) is 9. The van der Waals surface area contributed by atoms with E-state index in [0.29, 0.717) is 6.61 Å². The van der Waals surface area contributed by atoms with Gasteiger partial charge in [-0.25, -0.2) is 0 Å². The molecule has 1 heterocycles. The summed E-state index contributed by atoms with van der Waals surface area (Å²) in [5, 5.41) is 40.1. The molecule has 9 nitrogen and oxygen atoms in total. The topological polar surface area (TPSA) is 135 Å². The Balaban J connectivity index is 2.35. The summed E-state index contributed by atoms with van der Waals surface area (Å²) in [4.78, 5) is 12.7. The van der Waals surface area contributed by atoms with E-state index in [2.05, 4.69) is 111 Å². The van der Waals surface area contributed by atoms with E-state index in [0.717, 1.165) is 103 Å². The molecule has 0 aromatic carbocycles. The number of carbonyl (C=O) groups is 1. The Morgan fingerprint density at radius 2 is 1.07 bits per heavy atom. The molecule has 57 heavy (non-hydrogen) atoms. The average molecular weight is 799 g/mol. The smallest absolute Gasteiger partial charge is 0.306 e. The van der Waals surface area contributed by atoms with Gasteiger partial charge in [0.05, 0.1) is 19.8 Å². The number of aliphatic hydroxyl groups excluding tert-OH is 4. The van der Waals surface area contributed by atoms with Gasteiger partial charge in [0.1, 0.15) is 30.5 Å². The highest BCUT2D eigenvalue weighted by atomic mass is 16.7. The van der Waals surface area contributed by atoms with Crippen molar-refractivity contribution in [1.82, 2.24) is 0 Å². The van der Waals surface area contributed by atoms with Crippen molar-refractivity contribution in [1.29, 1.82) is 0 Å². The van der Waals surface area contributed by atoms with Gasteiger partial charge in [-0.1, -0.05) is 143 Å². The summed E-state index contributed by atoms with van der Waals surface area (Å²) in [5.74, 6) is -0.353. The number of allylic oxidation sites excluding steroid dienone is 16. The van der Waals surface area contributed by atoms with E-state index < -0.39 is 43.4 Å². The molecule has 0 saturated carbocycles. The fourth-order valence-corrected chi connectivity index (χ4v) is 5.82. The lowest BCUT2D eigenvalue weighted by atomic mass is 9.99. The molecule has 9 heteroatoms. The summed E-state index contributed by atoms with van der Waals surface area (Å²) in [6.45, 7) is 4.20. The zero-order chi connectivity index (χ0) is 41.4. The van der Waals surface area contributed by atoms with Crippen LogP contribution in [0.1, 0.15) is 136 Å². The van der Waals surface area contributed by atoms with Crippen molar-refractivity contribution < 1.29 is 44.2 Å². The SMILES string of the molecule is CC/C=C\C/C=C\C/C=C\C/C=C\C/C=C\C/C=C\CCCOCC(COC1OC(CO)C(O)C(O)C1O)OC(=O)CCCCCCC/C=C\C/C=C\CCCC. The lowest BCUT2D eigenvalue weighted by molar-refractivity contribution is -0.305. The number of rotatable bonds is 35. The van der Waals surface area contributed by atoms with Crippen molar-refractivity contribution >= 4 is 5.97 Å². The fourth-order valence-electron chi connectivity index (χ4n) is 5.82. The Morgan fingerprint density at radius 3 is 1.61 bits per heavy atom. The molecule has 0 aromatic heterocycles. The van der Waals surface area contributed by atoms with Gasteiger partial charge in [0.25, 0.3) is 0 Å². The number of ether oxygens (including phenoxy) is 4. The summed E-state index contributed by atoms with van der Waals surface area (Å²) < 4.78 is 22.7. The van der Waals surface area contributed by atoms with Gasteiger partial charge in [-0.05, 0) is 83.5 Å². The van der Waals surface area contributed by atoms with E-state index in [1.54, 1.807) is 0 Å². The van der Waals surface area contributed by atoms with Crippen LogP contribution in [0.25, 0.3) is 0 Å². The van der Waals surface area contributed by atoms with Crippen molar-refractivity contribution in [2.24, 2.45) is 0 Å². The maximum atomic E-state index is 12.7. The predicted molar refractivity (Wildman–Crippen MR) is 233 cm³/mol. The first-order chi connectivity index (χ1) is 27.9. The molecule has 1 rings (SSSR count). The molecule has 1 fully saturated rings. The highest BCUT2D eigenvalue weighted by Gasteiger charge is 2.44. The van der Waals surface area contributed by atoms with Crippen molar-refractivity contribution in [3.8, 4) is 0 Å². The highest BCUT2D eigenvalue weighted by molar-refractivity contribution is 5.69. The van der Waals surface area contributed by atoms with Gasteiger partial charge >= 0.3 is 5.97 Å². The fraction of sp³-hybridized carbons (Fsp3) is 0.646. The summed E-state index contributed by atoms with van der Waals surface area (Å²) in [5.41, 5.74) is 0. The van der Waals surface area contributed by atoms with Gasteiger partial charge in [-0.15, -0.1) is 0 Å². The normalized spacial score (nSPS) is 21.4. The van der Waals surface area contributed by atoms with Gasteiger partial charge in [-0.2, -0.15) is 0 Å². The first-order valence-electron chi connectivity index (χ1n) is 21.8. The third kappa shape index (κ3) is 29.9. The largest absolute Gasteiger partial charge is 0.457 e. The van der Waals surface area contributed by atoms with Gasteiger partial charge in [0.2, 0.25) is 0 Å². The van der Waals surface area contributed by atoms with Crippen LogP contribution in [0.15, 0.2) is 97.2 Å². The van der Waals surface area contributed by atoms with E-state index in [1.807, 2.05) is 0 Å². The second kappa shape index (κ2) is 38.6. The maximum Gasteiger partial charge on any atom is 0.306 e. The molecule has 6 atom stereocenters. The minimum atomic E-state index is -1.55. The lowest BCUT2D eigenvalue weighted by Gasteiger charge is -2.39. The van der Waals surface area contributed by atoms with E-state index in [-0.39, 0.29) is 25.6 Å². The molecule has 0 aromatic rings. The van der Waals surface area contributed by atoms with Crippen LogP contribution in [0.5, 0.6) is 0 Å². The number of esters is 1. The Morgan fingerprint density at radius 1 is 0.579 bits per heavy atom. The Labute approximate surface area is 345 Å². The Hall–Kier alpha value is -2.89. The van der Waals surface area contributed by atoms with E-state index in [9.17, 15) is 25.2 Å². The number of unbranched alkanes of at least 4 members (excludes halogenated alkanes) is 8. The van der Waals surface area contributed by atoms with E-state index >= 15 is 0 Å². The highest BCUT2D eigenvalue weighted by Crippen LogP contribution is 2.22. The molecule has 6 unspecified atom stereocenters. The van der Waals surface area contributed by atoms with Crippen LogP contribution in [-0.4, -0.2) is 89.6 Å². The molecule has 1 aliphatic rings. The summed E-state index contributed by atoms with van der Waals surface area (Å²) in [6.07, 6.45) is 45.8. The van der Waals surface area contributed by atoms with Crippen LogP contribution in [0.4, 0.5) is 0 Å². The molecule has 0 amide bonds. The zero-order valence-corrected chi connectivity index (χ0v) is 35.3. The van der Waals surface area contributed by atoms with Crippen molar-refractivity contribution in [2.75, 3.05) is 26.4 Å². The average Bonchev–Trinajstić information content (AvgIpc) is 3.21. The molecular weight excluding hydrogens is 721 g/mol. The Bertz CT molecular complexity index is 1180. The second-order valence-electron chi connectivity index (χ2n) is 14.4. The van der Waals surface area contributed by atoms with Crippen LogP contribution in [-0.2, 0) is 23.7 Å². The molecule has 1 aliphatic heterocycles. The van der Waals surface area contributed by atoms with Crippen LogP contribution >= 0.6 is 0 Å². The maximum absolute atomic E-state index is 12.7. The molecule has 0 spiro atoms. The Kier molecular flexibility index (Phi) is 35.3. The number of aliphatic hydroxyl groups is 4. The quantitative estimate of drug-likeness (QED) is 0.0281. The molecule has 324 valence electrons. The molecule has 0 bridgehead atoms. The van der Waals surface area contributed by atoms with Gasteiger partial charge < -0.3 is 39.4 Å². The van der Waals surface area contributed by atoms with Gasteiger partial charge in [0.15, 0.2) is 6.29 Å². The molecule has 1 saturated heterocycles. The summed E-state index contributed by atoms with van der Waals surface area (Å²) >= 11 is 0. The summed E-state index contributed by atoms with van der Waals surface area (Å²) in [7, 11) is 0. The minimum Gasteiger partial charge on any atom is -0.457 e. The standard InChI is InChI=1S/C48H78O9/c1-3-5-7-9-11-13-15-17-19-20-21-22-23-24-26-28-30-32-34-36-38-54-40-42(41-55-48-47(53)46(52)45(51)43(39-49)57-48)56-44(50)37-35-33-31-29-27-25-18-16-14-12-10-8-6-4-2/h5,7,10-13,16-19,21-22,24,26,30,32,42-43,45-49,51-53H,3-4,6,8-9,14-15,20,23,25,27-29,31,33-41H2,1-2H3/b7-5-,12-10-,13-11-,18-16-,19-17-,22-21-,26-24-,32-30-. The van der Waals surface area contributed by atoms with Crippen molar-refractivity contribution in [3.63, 3.8) is 0 Å². The number of hydrogen-bond donors (Lipinski definition) is 4. The first kappa shape index (κ1) is 52.1. The van der Waals surface area contributed by atoms with Crippen molar-refractivity contribution in [3.05, 3.63) is 97.2 Å². The zero-order valence-electron chi connectivity index (χ0n) is 35.3. The van der Waals surface area contributed by atoms with E-state index in [1.165, 1.54) is 12.8 Å². The summed E-state index contributed by atoms with van der Waals surface area (Å²) in [6, 6.07) is 0. The van der Waals surface area contributed by atoms with E-state index in [4.69, 9.17) is 18.9 Å². The number of carbonyl (C=O) groups excluding carboxylic acids is 1. The third-order valence-corrected chi connectivity index (χ3v) is 9.23. The van der Waals surface area contributed by atoms with Crippen molar-refractivity contribution in [2.45, 2.75) is 173 Å². The molecule has 4 N–H and O–H groups in total. The lowest BCUT2D eigenvalue weighted by Crippen LogP contribution is -2.59. The van der Waals surface area contributed by atoms with Crippen LogP contribution in [0.2, 0.25) is 0 Å². The van der Waals surface area contributed by atoms with Crippen LogP contribution < -0.4 is 0 Å². The molecular formula is C48H78O9. The predicted octanol–water partition coefficient (Wildman–Crippen LogP) is 9.63. The third-order valence-electron chi connectivity index (χ3n) is 9.23. The first-order valence-corrected chi connectivity index (χ1v) is 21.8. The van der Waals surface area contributed by atoms with Crippen LogP contribution in [0, 0.1) is 0 Å². The second-order valence-corrected chi connectivity index (χ2v) is 14.4. The van der Waals surface area contributed by atoms with Crippen LogP contribution in [0.3, 0.4) is 0 Å². The monoisotopic (exact) mass is 799 g/mol. The minimum absolute atomic E-state index is 0.0922.